The summed E-state index contributed by atoms with van der Waals surface area (Å²) in [5.74, 6) is -1.76. The fourth-order valence-corrected chi connectivity index (χ4v) is 2.10. The van der Waals surface area contributed by atoms with Crippen LogP contribution in [0.2, 0.25) is 0 Å². The molecule has 0 aromatic carbocycles. The van der Waals surface area contributed by atoms with Crippen LogP contribution in [0.4, 0.5) is 0 Å². The molecule has 1 saturated heterocycles. The van der Waals surface area contributed by atoms with Crippen LogP contribution in [0.1, 0.15) is 18.0 Å². The lowest BCUT2D eigenvalue weighted by Gasteiger charge is -2.22. The van der Waals surface area contributed by atoms with Crippen molar-refractivity contribution in [3.63, 3.8) is 0 Å². The number of hydrogen-bond donors (Lipinski definition) is 1. The molecule has 5 heteroatoms. The van der Waals surface area contributed by atoms with Crippen molar-refractivity contribution in [2.45, 2.75) is 12.5 Å². The fourth-order valence-electron chi connectivity index (χ4n) is 2.10. The van der Waals surface area contributed by atoms with Crippen LogP contribution in [0, 0.1) is 5.92 Å². The van der Waals surface area contributed by atoms with E-state index in [1.54, 1.807) is 31.6 Å². The largest absolute Gasteiger partial charge is 0.481 e. The first-order chi connectivity index (χ1) is 7.61. The van der Waals surface area contributed by atoms with Crippen molar-refractivity contribution in [3.05, 3.63) is 30.1 Å². The van der Waals surface area contributed by atoms with Crippen LogP contribution in [0.25, 0.3) is 0 Å². The third kappa shape index (κ3) is 1.64. The highest BCUT2D eigenvalue weighted by atomic mass is 16.4. The van der Waals surface area contributed by atoms with Gasteiger partial charge in [-0.2, -0.15) is 0 Å². The summed E-state index contributed by atoms with van der Waals surface area (Å²) in [4.78, 5) is 28.0. The molecule has 1 N–H and O–H groups in total. The van der Waals surface area contributed by atoms with E-state index >= 15 is 0 Å². The molecule has 16 heavy (non-hydrogen) atoms. The Morgan fingerprint density at radius 2 is 2.38 bits per heavy atom. The van der Waals surface area contributed by atoms with Crippen LogP contribution in [0.5, 0.6) is 0 Å². The number of hydrogen-bond acceptors (Lipinski definition) is 3. The third-order valence-electron chi connectivity index (χ3n) is 2.93. The number of pyridine rings is 1. The normalized spacial score (nSPS) is 24.8. The van der Waals surface area contributed by atoms with E-state index < -0.39 is 17.9 Å². The van der Waals surface area contributed by atoms with E-state index in [9.17, 15) is 9.59 Å². The van der Waals surface area contributed by atoms with Gasteiger partial charge in [-0.3, -0.25) is 14.6 Å². The Labute approximate surface area is 92.7 Å². The summed E-state index contributed by atoms with van der Waals surface area (Å²) in [6.45, 7) is 0. The molecule has 0 bridgehead atoms. The van der Waals surface area contributed by atoms with Crippen molar-refractivity contribution >= 4 is 11.9 Å². The van der Waals surface area contributed by atoms with Gasteiger partial charge in [0.05, 0.1) is 12.0 Å². The van der Waals surface area contributed by atoms with Gasteiger partial charge >= 0.3 is 5.97 Å². The predicted octanol–water partition coefficient (Wildman–Crippen LogP) is 0.686. The molecule has 1 aromatic rings. The zero-order valence-corrected chi connectivity index (χ0v) is 8.83. The maximum Gasteiger partial charge on any atom is 0.309 e. The zero-order chi connectivity index (χ0) is 11.7. The quantitative estimate of drug-likeness (QED) is 0.795. The molecule has 0 aliphatic carbocycles. The Balaban J connectivity index is 2.37. The minimum Gasteiger partial charge on any atom is -0.481 e. The van der Waals surface area contributed by atoms with Gasteiger partial charge in [-0.05, 0) is 11.6 Å². The van der Waals surface area contributed by atoms with E-state index in [0.717, 1.165) is 5.56 Å². The first-order valence-corrected chi connectivity index (χ1v) is 4.99. The van der Waals surface area contributed by atoms with Crippen molar-refractivity contribution in [3.8, 4) is 0 Å². The van der Waals surface area contributed by atoms with Crippen LogP contribution < -0.4 is 0 Å². The van der Waals surface area contributed by atoms with Gasteiger partial charge in [-0.1, -0.05) is 6.07 Å². The Kier molecular flexibility index (Phi) is 2.60. The second-order valence-electron chi connectivity index (χ2n) is 3.88. The summed E-state index contributed by atoms with van der Waals surface area (Å²) in [6, 6.07) is 3.13. The highest BCUT2D eigenvalue weighted by Gasteiger charge is 2.42. The summed E-state index contributed by atoms with van der Waals surface area (Å²) in [5.41, 5.74) is 0.767. The van der Waals surface area contributed by atoms with Crippen LogP contribution in [-0.2, 0) is 9.59 Å². The van der Waals surface area contributed by atoms with E-state index in [-0.39, 0.29) is 12.3 Å². The van der Waals surface area contributed by atoms with Gasteiger partial charge in [-0.25, -0.2) is 0 Å². The number of aliphatic carboxylic acids is 1. The number of nitrogens with zero attached hydrogens (tertiary/aromatic N) is 2. The van der Waals surface area contributed by atoms with Crippen molar-refractivity contribution in [1.29, 1.82) is 0 Å². The van der Waals surface area contributed by atoms with Crippen LogP contribution in [0.15, 0.2) is 24.5 Å². The molecule has 2 heterocycles. The predicted molar refractivity (Wildman–Crippen MR) is 55.5 cm³/mol. The molecule has 2 rings (SSSR count). The highest BCUT2D eigenvalue weighted by molar-refractivity contribution is 5.87. The number of aromatic nitrogens is 1. The Hall–Kier alpha value is -1.91. The first-order valence-electron chi connectivity index (χ1n) is 4.99. The van der Waals surface area contributed by atoms with E-state index in [4.69, 9.17) is 5.11 Å². The summed E-state index contributed by atoms with van der Waals surface area (Å²) in [7, 11) is 1.63. The van der Waals surface area contributed by atoms with Gasteiger partial charge in [0.1, 0.15) is 0 Å². The van der Waals surface area contributed by atoms with E-state index in [1.165, 1.54) is 4.90 Å². The van der Waals surface area contributed by atoms with Crippen LogP contribution in [-0.4, -0.2) is 33.9 Å². The number of rotatable bonds is 2. The molecule has 0 saturated carbocycles. The van der Waals surface area contributed by atoms with Gasteiger partial charge in [0, 0.05) is 25.9 Å². The lowest BCUT2D eigenvalue weighted by Crippen LogP contribution is -2.26. The molecule has 0 spiro atoms. The van der Waals surface area contributed by atoms with Gasteiger partial charge in [0.15, 0.2) is 0 Å². The SMILES string of the molecule is CN1C(=O)C[C@H](C(=O)O)[C@H]1c1cccnc1. The molecule has 0 unspecified atom stereocenters. The summed E-state index contributed by atoms with van der Waals surface area (Å²) in [5, 5.41) is 9.08. The van der Waals surface area contributed by atoms with Crippen LogP contribution >= 0.6 is 0 Å². The molecule has 1 aliphatic rings. The maximum absolute atomic E-state index is 11.5. The first kappa shape index (κ1) is 10.6. The number of carbonyl (C=O) groups is 2. The lowest BCUT2D eigenvalue weighted by atomic mass is 9.95. The summed E-state index contributed by atoms with van der Waals surface area (Å²) in [6.07, 6.45) is 3.29. The second kappa shape index (κ2) is 3.92. The molecule has 84 valence electrons. The number of amides is 1. The summed E-state index contributed by atoms with van der Waals surface area (Å²) < 4.78 is 0. The zero-order valence-electron chi connectivity index (χ0n) is 8.83. The van der Waals surface area contributed by atoms with E-state index in [1.807, 2.05) is 0 Å². The lowest BCUT2D eigenvalue weighted by molar-refractivity contribution is -0.142. The minimum absolute atomic E-state index is 0.0609. The van der Waals surface area contributed by atoms with Gasteiger partial charge in [0.25, 0.3) is 0 Å². The molecule has 1 aromatic heterocycles. The number of likely N-dealkylation sites (tertiary alicyclic amines) is 1. The topological polar surface area (TPSA) is 70.5 Å². The van der Waals surface area contributed by atoms with E-state index in [2.05, 4.69) is 4.98 Å². The maximum atomic E-state index is 11.5. The Morgan fingerprint density at radius 3 is 2.94 bits per heavy atom. The Bertz CT molecular complexity index is 418. The third-order valence-corrected chi connectivity index (χ3v) is 2.93. The molecule has 1 fully saturated rings. The van der Waals surface area contributed by atoms with Crippen molar-refractivity contribution in [2.24, 2.45) is 5.92 Å². The molecule has 2 atom stereocenters. The summed E-state index contributed by atoms with van der Waals surface area (Å²) >= 11 is 0. The molecular weight excluding hydrogens is 208 g/mol. The van der Waals surface area contributed by atoms with Gasteiger partial charge in [-0.15, -0.1) is 0 Å². The Morgan fingerprint density at radius 1 is 1.62 bits per heavy atom. The number of carboxylic acids is 1. The van der Waals surface area contributed by atoms with Gasteiger partial charge < -0.3 is 10.0 Å². The molecular formula is C11H12N2O3. The van der Waals surface area contributed by atoms with Crippen molar-refractivity contribution < 1.29 is 14.7 Å². The standard InChI is InChI=1S/C11H12N2O3/c1-13-9(14)5-8(11(15)16)10(13)7-3-2-4-12-6-7/h2-4,6,8,10H,5H2,1H3,(H,15,16)/t8-,10+/m0/s1. The average Bonchev–Trinajstić information content (AvgIpc) is 2.57. The fraction of sp³-hybridized carbons (Fsp3) is 0.364. The molecule has 5 nitrogen and oxygen atoms in total. The van der Waals surface area contributed by atoms with Crippen molar-refractivity contribution in [1.82, 2.24) is 9.88 Å². The molecule has 1 aliphatic heterocycles. The van der Waals surface area contributed by atoms with Gasteiger partial charge in [0.2, 0.25) is 5.91 Å². The molecule has 1 amide bonds. The minimum atomic E-state index is -0.938. The van der Waals surface area contributed by atoms with Crippen molar-refractivity contribution in [2.75, 3.05) is 7.05 Å². The highest BCUT2D eigenvalue weighted by Crippen LogP contribution is 2.36. The smallest absolute Gasteiger partial charge is 0.309 e. The number of carboxylic acid groups (broad SMARTS) is 1. The number of carbonyl (C=O) groups excluding carboxylic acids is 1. The molecule has 0 radical (unpaired) electrons. The monoisotopic (exact) mass is 220 g/mol. The second-order valence-corrected chi connectivity index (χ2v) is 3.88. The van der Waals surface area contributed by atoms with E-state index in [0.29, 0.717) is 0 Å². The van der Waals surface area contributed by atoms with Crippen LogP contribution in [0.3, 0.4) is 0 Å². The average molecular weight is 220 g/mol.